The summed E-state index contributed by atoms with van der Waals surface area (Å²) in [5.74, 6) is 0. The molecule has 2 aliphatic heterocycles. The van der Waals surface area contributed by atoms with Crippen LogP contribution >= 0.6 is 46.1 Å². The summed E-state index contributed by atoms with van der Waals surface area (Å²) in [6.45, 7) is 0. The number of hydrogen-bond donors (Lipinski definition) is 9. The van der Waals surface area contributed by atoms with Crippen molar-refractivity contribution in [3.63, 3.8) is 0 Å². The molecule has 2 heterocycles. The molecule has 11 N–H and O–H groups in total. The molecule has 0 radical (unpaired) electrons. The fourth-order valence-electron chi connectivity index (χ4n) is 14.2. The van der Waals surface area contributed by atoms with E-state index in [-0.39, 0.29) is 36.3 Å². The molecular formula is C48H99N14O3P6+. The van der Waals surface area contributed by atoms with Gasteiger partial charge in [0.05, 0.1) is 12.1 Å². The van der Waals surface area contributed by atoms with Crippen molar-refractivity contribution in [1.29, 1.82) is 0 Å². The lowest BCUT2D eigenvalue weighted by Crippen LogP contribution is -2.92. The Hall–Kier alpha value is 1.26. The maximum atomic E-state index is 17.0. The van der Waals surface area contributed by atoms with Gasteiger partial charge in [-0.2, -0.15) is 9.72 Å². The second kappa shape index (κ2) is 26.0. The highest BCUT2D eigenvalue weighted by Gasteiger charge is 2.59. The molecule has 0 aromatic rings. The van der Waals surface area contributed by atoms with E-state index in [0.29, 0.717) is 12.1 Å². The van der Waals surface area contributed by atoms with Crippen LogP contribution in [0.3, 0.4) is 0 Å². The minimum absolute atomic E-state index is 0.117. The van der Waals surface area contributed by atoms with E-state index in [2.05, 4.69) is 45.3 Å². The average Bonchev–Trinajstić information content (AvgIpc) is 3.35. The van der Waals surface area contributed by atoms with Crippen LogP contribution in [0.4, 0.5) is 0 Å². The highest BCUT2D eigenvalue weighted by molar-refractivity contribution is 7.90. The third kappa shape index (κ3) is 15.8. The zero-order valence-electron chi connectivity index (χ0n) is 43.7. The minimum Gasteiger partial charge on any atom is -0.611 e. The standard InChI is InChI=1S/C48H97N14O3P6/c63-70(59-66(49-41-25-9-1-10-26-41,50-42-27-11-2-12-28-42)57-67(60-70,51-43-29-13-3-14-30-43)52-44-31-15-4-16-32-44)65-71(64)61-68(53-45-33-17-5-18-34-45,54-46-35-19-6-20-36-46)58-69(62-71,55-47-37-21-7-22-38-47)56-48-39-23-8-24-40-48/h41-55,57-58H,1-40H2/q-1/p+2. The van der Waals surface area contributed by atoms with Crippen LogP contribution < -0.4 is 55.1 Å². The van der Waals surface area contributed by atoms with Gasteiger partial charge in [-0.25, -0.2) is 5.09 Å². The fourth-order valence-corrected chi connectivity index (χ4v) is 39.3. The third-order valence-corrected chi connectivity index (χ3v) is 38.2. The molecule has 3 unspecified atom stereocenters. The molecule has 0 aromatic heterocycles. The van der Waals surface area contributed by atoms with Crippen molar-refractivity contribution >= 4 is 46.1 Å². The van der Waals surface area contributed by atoms with Gasteiger partial charge in [0.15, 0.2) is 7.51 Å². The number of nitrogens with one attached hydrogen (secondary N) is 7. The normalized spacial score (nSPS) is 35.0. The summed E-state index contributed by atoms with van der Waals surface area (Å²) in [6.07, 6.45) is 45.4. The largest absolute Gasteiger partial charge is 0.611 e. The quantitative estimate of drug-likeness (QED) is 0.0589. The van der Waals surface area contributed by atoms with E-state index in [1.54, 1.807) is 0 Å². The van der Waals surface area contributed by atoms with Crippen LogP contribution in [0, 0.1) is 0 Å². The highest BCUT2D eigenvalue weighted by Crippen LogP contribution is 2.84. The molecular weight excluding hydrogens is 1010 g/mol. The second-order valence-corrected chi connectivity index (χ2v) is 38.5. The lowest BCUT2D eigenvalue weighted by molar-refractivity contribution is -0.555. The van der Waals surface area contributed by atoms with Gasteiger partial charge >= 0.3 is 23.5 Å². The fraction of sp³-hybridized carbons (Fsp3) is 1.00. The molecule has 17 nitrogen and oxygen atoms in total. The van der Waals surface area contributed by atoms with E-state index in [1.165, 1.54) is 89.9 Å². The predicted octanol–water partition coefficient (Wildman–Crippen LogP) is 12.2. The molecule has 0 saturated heterocycles. The zero-order valence-corrected chi connectivity index (χ0v) is 49.1. The monoisotopic (exact) mass is 1110 g/mol. The van der Waals surface area contributed by atoms with Crippen LogP contribution in [0.2, 0.25) is 0 Å². The molecule has 0 spiro atoms. The molecule has 71 heavy (non-hydrogen) atoms. The summed E-state index contributed by atoms with van der Waals surface area (Å²) in [7, 11) is -21.4. The van der Waals surface area contributed by atoms with Crippen molar-refractivity contribution in [2.45, 2.75) is 305 Å². The lowest BCUT2D eigenvalue weighted by atomic mass is 9.96. The first-order valence-corrected chi connectivity index (χ1v) is 40.1. The summed E-state index contributed by atoms with van der Waals surface area (Å²) in [6, 6.07) is 1.78. The van der Waals surface area contributed by atoms with E-state index in [0.717, 1.165) is 167 Å². The van der Waals surface area contributed by atoms with Crippen molar-refractivity contribution < 1.29 is 24.3 Å². The van der Waals surface area contributed by atoms with Crippen LogP contribution in [-0.4, -0.2) is 48.3 Å². The first-order valence-electron chi connectivity index (χ1n) is 30.0. The Balaban J connectivity index is 1.15. The Labute approximate surface area is 431 Å². The summed E-state index contributed by atoms with van der Waals surface area (Å²) >= 11 is 0. The van der Waals surface area contributed by atoms with Crippen molar-refractivity contribution in [2.24, 2.45) is 18.1 Å². The van der Waals surface area contributed by atoms with Gasteiger partial charge in [-0.3, -0.25) is 25.4 Å². The van der Waals surface area contributed by atoms with Gasteiger partial charge in [-0.1, -0.05) is 141 Å². The van der Waals surface area contributed by atoms with Gasteiger partial charge in [0.1, 0.15) is 0 Å². The number of quaternary nitrogens is 2. The molecule has 10 rings (SSSR count). The predicted molar refractivity (Wildman–Crippen MR) is 296 cm³/mol. The van der Waals surface area contributed by atoms with Crippen molar-refractivity contribution in [1.82, 2.24) is 35.2 Å². The lowest BCUT2D eigenvalue weighted by Gasteiger charge is -2.48. The molecule has 8 aliphatic carbocycles. The first kappa shape index (κ1) is 55.6. The smallest absolute Gasteiger partial charge is 0.411 e. The highest BCUT2D eigenvalue weighted by atomic mass is 31.3. The van der Waals surface area contributed by atoms with Gasteiger partial charge in [0.25, 0.3) is 0 Å². The van der Waals surface area contributed by atoms with Gasteiger partial charge < -0.3 is 20.0 Å². The third-order valence-electron chi connectivity index (χ3n) is 17.7. The molecule has 0 amide bonds. The van der Waals surface area contributed by atoms with Crippen molar-refractivity contribution in [2.75, 3.05) is 0 Å². The summed E-state index contributed by atoms with van der Waals surface area (Å²) in [5, 5.41) is 31.7. The first-order chi connectivity index (χ1) is 34.6. The Morgan fingerprint density at radius 2 is 0.704 bits per heavy atom. The SMILES string of the molecule is [O-][P+]1(O[P+]2([O-])N=P([N-]C3CCCCC3)([NH2+]C3CCCCC3)NP(NC3CCCCC3)([NH2+]C3CCCCC3)=N2)N=P(NC2CCCCC2)(NC2CCCCC2)NP(NC2CCCCC2)(NC2CCCCC2)=N1. The molecule has 0 aromatic carbocycles. The maximum absolute atomic E-state index is 17.0. The van der Waals surface area contributed by atoms with Crippen LogP contribution in [0.1, 0.15) is 257 Å². The molecule has 0 bridgehead atoms. The second-order valence-electron chi connectivity index (χ2n) is 24.0. The summed E-state index contributed by atoms with van der Waals surface area (Å²) < 4.78 is 29.5. The van der Waals surface area contributed by atoms with Gasteiger partial charge in [-0.15, -0.1) is 6.04 Å². The molecule has 8 fully saturated rings. The molecule has 408 valence electrons. The number of hydrogen-bond acceptors (Lipinski definition) is 14. The molecule has 10 aliphatic rings. The molecule has 8 saturated carbocycles. The van der Waals surface area contributed by atoms with Crippen LogP contribution in [0.25, 0.3) is 5.09 Å². The summed E-state index contributed by atoms with van der Waals surface area (Å²) in [4.78, 5) is 42.6. The number of nitrogens with two attached hydrogens (primary N) is 2. The molecule has 3 atom stereocenters. The zero-order chi connectivity index (χ0) is 48.5. The number of nitrogens with zero attached hydrogens (tertiary/aromatic N) is 5. The Kier molecular flexibility index (Phi) is 20.4. The Morgan fingerprint density at radius 3 is 1.10 bits per heavy atom. The summed E-state index contributed by atoms with van der Waals surface area (Å²) in [5.41, 5.74) is 0. The van der Waals surface area contributed by atoms with Gasteiger partial charge in [0.2, 0.25) is 15.0 Å². The van der Waals surface area contributed by atoms with Gasteiger partial charge in [0, 0.05) is 30.2 Å². The van der Waals surface area contributed by atoms with E-state index >= 15 is 9.79 Å². The van der Waals surface area contributed by atoms with Crippen LogP contribution in [0.15, 0.2) is 18.1 Å². The van der Waals surface area contributed by atoms with Crippen molar-refractivity contribution in [3.8, 4) is 0 Å². The van der Waals surface area contributed by atoms with E-state index in [1.807, 2.05) is 0 Å². The Bertz CT molecular complexity index is 1570. The topological polar surface area (TPSA) is 236 Å². The minimum atomic E-state index is -4.55. The Morgan fingerprint density at radius 1 is 0.380 bits per heavy atom. The van der Waals surface area contributed by atoms with E-state index in [9.17, 15) is 0 Å². The van der Waals surface area contributed by atoms with E-state index in [4.69, 9.17) is 27.5 Å². The average molecular weight is 1110 g/mol. The number of rotatable bonds is 18. The van der Waals surface area contributed by atoms with E-state index < -0.39 is 46.1 Å². The van der Waals surface area contributed by atoms with Crippen LogP contribution in [0.5, 0.6) is 0 Å². The van der Waals surface area contributed by atoms with Gasteiger partial charge in [-0.05, 0) is 138 Å². The molecule has 23 heteroatoms. The maximum Gasteiger partial charge on any atom is 0.411 e. The van der Waals surface area contributed by atoms with Crippen LogP contribution in [-0.2, 0) is 4.31 Å². The van der Waals surface area contributed by atoms with Crippen molar-refractivity contribution in [3.05, 3.63) is 5.09 Å².